The largest absolute Gasteiger partial charge is 0.478 e. The van der Waals surface area contributed by atoms with Gasteiger partial charge in [0.2, 0.25) is 0 Å². The lowest BCUT2D eigenvalue weighted by Crippen LogP contribution is -2.48. The molecule has 0 unspecified atom stereocenters. The minimum atomic E-state index is -1.03. The Morgan fingerprint density at radius 2 is 1.88 bits per heavy atom. The van der Waals surface area contributed by atoms with Crippen LogP contribution in [0, 0.1) is 13.8 Å². The number of aromatic nitrogens is 1. The Balaban J connectivity index is 1.63. The molecular weight excluding hydrogens is 322 g/mol. The minimum Gasteiger partial charge on any atom is -0.478 e. The number of benzene rings is 1. The predicted octanol–water partition coefficient (Wildman–Crippen LogP) is 1.95. The number of carbonyl (C=O) groups is 2. The van der Waals surface area contributed by atoms with E-state index in [0.29, 0.717) is 25.2 Å². The number of aryl methyl sites for hydroxylation is 2. The molecule has 7 nitrogen and oxygen atoms in total. The zero-order valence-corrected chi connectivity index (χ0v) is 14.4. The summed E-state index contributed by atoms with van der Waals surface area (Å²) in [5, 5.41) is 13.0. The van der Waals surface area contributed by atoms with Crippen molar-refractivity contribution in [3.63, 3.8) is 0 Å². The molecule has 0 atom stereocenters. The lowest BCUT2D eigenvalue weighted by molar-refractivity contribution is 0.0616. The van der Waals surface area contributed by atoms with E-state index in [-0.39, 0.29) is 11.5 Å². The van der Waals surface area contributed by atoms with Crippen molar-refractivity contribution in [3.05, 3.63) is 52.4 Å². The van der Waals surface area contributed by atoms with E-state index >= 15 is 0 Å². The molecule has 7 heteroatoms. The number of carboxylic acid groups (broad SMARTS) is 1. The van der Waals surface area contributed by atoms with E-state index in [4.69, 9.17) is 9.63 Å². The van der Waals surface area contributed by atoms with Crippen LogP contribution in [0.2, 0.25) is 0 Å². The molecule has 0 aliphatic carbocycles. The molecule has 1 aromatic carbocycles. The average Bonchev–Trinajstić information content (AvgIpc) is 3.00. The highest BCUT2D eigenvalue weighted by molar-refractivity contribution is 5.98. The predicted molar refractivity (Wildman–Crippen MR) is 90.6 cm³/mol. The second-order valence-corrected chi connectivity index (χ2v) is 6.34. The van der Waals surface area contributed by atoms with Gasteiger partial charge in [-0.3, -0.25) is 9.69 Å². The fourth-order valence-corrected chi connectivity index (χ4v) is 2.98. The Bertz CT molecular complexity index is 791. The van der Waals surface area contributed by atoms with Crippen LogP contribution in [-0.4, -0.2) is 58.1 Å². The number of carbonyl (C=O) groups excluding carboxylic acids is 1. The van der Waals surface area contributed by atoms with Crippen molar-refractivity contribution in [2.45, 2.75) is 20.4 Å². The zero-order valence-electron chi connectivity index (χ0n) is 14.4. The van der Waals surface area contributed by atoms with Crippen molar-refractivity contribution < 1.29 is 19.2 Å². The lowest BCUT2D eigenvalue weighted by atomic mass is 10.0. The zero-order chi connectivity index (χ0) is 18.0. The first-order valence-corrected chi connectivity index (χ1v) is 8.22. The highest BCUT2D eigenvalue weighted by Gasteiger charge is 2.24. The van der Waals surface area contributed by atoms with Gasteiger partial charge in [-0.05, 0) is 31.5 Å². The van der Waals surface area contributed by atoms with Gasteiger partial charge in [0.05, 0.1) is 17.8 Å². The molecule has 1 aliphatic heterocycles. The van der Waals surface area contributed by atoms with Gasteiger partial charge in [-0.2, -0.15) is 0 Å². The summed E-state index contributed by atoms with van der Waals surface area (Å²) in [5.41, 5.74) is 2.24. The Morgan fingerprint density at radius 3 is 2.48 bits per heavy atom. The number of rotatable bonds is 4. The molecule has 1 N–H and O–H groups in total. The van der Waals surface area contributed by atoms with Crippen LogP contribution in [0.4, 0.5) is 0 Å². The lowest BCUT2D eigenvalue weighted by Gasteiger charge is -2.34. The van der Waals surface area contributed by atoms with Gasteiger partial charge in [0.25, 0.3) is 5.91 Å². The summed E-state index contributed by atoms with van der Waals surface area (Å²) in [6.07, 6.45) is 0. The van der Waals surface area contributed by atoms with Gasteiger partial charge in [0.1, 0.15) is 0 Å². The van der Waals surface area contributed by atoms with E-state index in [1.54, 1.807) is 11.0 Å². The van der Waals surface area contributed by atoms with Gasteiger partial charge >= 0.3 is 5.97 Å². The molecule has 1 aliphatic rings. The third-order valence-electron chi connectivity index (χ3n) is 4.43. The number of nitrogens with zero attached hydrogens (tertiary/aromatic N) is 3. The highest BCUT2D eigenvalue weighted by Crippen LogP contribution is 2.16. The average molecular weight is 343 g/mol. The Hall–Kier alpha value is -2.67. The highest BCUT2D eigenvalue weighted by atomic mass is 16.5. The molecule has 3 rings (SSSR count). The third kappa shape index (κ3) is 3.88. The first-order chi connectivity index (χ1) is 11.9. The van der Waals surface area contributed by atoms with Crippen LogP contribution < -0.4 is 0 Å². The van der Waals surface area contributed by atoms with Crippen LogP contribution in [0.15, 0.2) is 28.8 Å². The van der Waals surface area contributed by atoms with Crippen LogP contribution in [0.5, 0.6) is 0 Å². The summed E-state index contributed by atoms with van der Waals surface area (Å²) in [5.74, 6) is -0.320. The summed E-state index contributed by atoms with van der Waals surface area (Å²) < 4.78 is 5.23. The molecule has 25 heavy (non-hydrogen) atoms. The summed E-state index contributed by atoms with van der Waals surface area (Å²) in [6.45, 7) is 7.06. The molecular formula is C18H21N3O4. The van der Waals surface area contributed by atoms with E-state index < -0.39 is 5.97 Å². The molecule has 2 aromatic rings. The maximum atomic E-state index is 12.7. The Labute approximate surface area is 145 Å². The molecule has 0 spiro atoms. The van der Waals surface area contributed by atoms with Gasteiger partial charge in [-0.25, -0.2) is 4.79 Å². The number of piperazine rings is 1. The summed E-state index contributed by atoms with van der Waals surface area (Å²) >= 11 is 0. The van der Waals surface area contributed by atoms with Crippen LogP contribution in [0.3, 0.4) is 0 Å². The number of hydrogen-bond acceptors (Lipinski definition) is 5. The standard InChI is InChI=1S/C18H21N3O4/c1-12-3-4-14(18(23)24)10-16(12)17(22)21-7-5-20(6-8-21)11-15-9-13(2)19-25-15/h3-4,9-10H,5-8,11H2,1-2H3,(H,23,24). The molecule has 1 fully saturated rings. The van der Waals surface area contributed by atoms with Crippen molar-refractivity contribution >= 4 is 11.9 Å². The first kappa shape index (κ1) is 17.2. The van der Waals surface area contributed by atoms with Gasteiger partial charge < -0.3 is 14.5 Å². The van der Waals surface area contributed by atoms with E-state index in [9.17, 15) is 9.59 Å². The maximum absolute atomic E-state index is 12.7. The fourth-order valence-electron chi connectivity index (χ4n) is 2.98. The maximum Gasteiger partial charge on any atom is 0.335 e. The van der Waals surface area contributed by atoms with Crippen molar-refractivity contribution in [2.75, 3.05) is 26.2 Å². The van der Waals surface area contributed by atoms with Gasteiger partial charge in [-0.1, -0.05) is 11.2 Å². The molecule has 0 bridgehead atoms. The normalized spacial score (nSPS) is 15.4. The van der Waals surface area contributed by atoms with Gasteiger partial charge in [0, 0.05) is 37.8 Å². The topological polar surface area (TPSA) is 86.9 Å². The van der Waals surface area contributed by atoms with Crippen LogP contribution in [0.1, 0.15) is 37.7 Å². The van der Waals surface area contributed by atoms with Crippen molar-refractivity contribution in [2.24, 2.45) is 0 Å². The van der Waals surface area contributed by atoms with E-state index in [2.05, 4.69) is 10.1 Å². The van der Waals surface area contributed by atoms with E-state index in [0.717, 1.165) is 30.1 Å². The van der Waals surface area contributed by atoms with Crippen molar-refractivity contribution in [3.8, 4) is 0 Å². The molecule has 132 valence electrons. The Morgan fingerprint density at radius 1 is 1.16 bits per heavy atom. The molecule has 0 saturated carbocycles. The summed E-state index contributed by atoms with van der Waals surface area (Å²) in [7, 11) is 0. The van der Waals surface area contributed by atoms with Crippen LogP contribution in [0.25, 0.3) is 0 Å². The minimum absolute atomic E-state index is 0.115. The van der Waals surface area contributed by atoms with Gasteiger partial charge in [-0.15, -0.1) is 0 Å². The third-order valence-corrected chi connectivity index (χ3v) is 4.43. The molecule has 1 saturated heterocycles. The number of amides is 1. The summed E-state index contributed by atoms with van der Waals surface area (Å²) in [6, 6.07) is 6.58. The molecule has 1 aromatic heterocycles. The number of carboxylic acids is 1. The second kappa shape index (κ2) is 7.06. The van der Waals surface area contributed by atoms with Crippen LogP contribution >= 0.6 is 0 Å². The smallest absolute Gasteiger partial charge is 0.335 e. The number of aromatic carboxylic acids is 1. The molecule has 0 radical (unpaired) electrons. The van der Waals surface area contributed by atoms with Crippen molar-refractivity contribution in [1.82, 2.24) is 15.0 Å². The second-order valence-electron chi connectivity index (χ2n) is 6.34. The molecule has 2 heterocycles. The first-order valence-electron chi connectivity index (χ1n) is 8.22. The number of hydrogen-bond donors (Lipinski definition) is 1. The summed E-state index contributed by atoms with van der Waals surface area (Å²) in [4.78, 5) is 27.9. The Kier molecular flexibility index (Phi) is 4.85. The SMILES string of the molecule is Cc1cc(CN2CCN(C(=O)c3cc(C(=O)O)ccc3C)CC2)on1. The van der Waals surface area contributed by atoms with E-state index in [1.807, 2.05) is 19.9 Å². The quantitative estimate of drug-likeness (QED) is 0.913. The van der Waals surface area contributed by atoms with Crippen molar-refractivity contribution in [1.29, 1.82) is 0 Å². The fraction of sp³-hybridized carbons (Fsp3) is 0.389. The van der Waals surface area contributed by atoms with Crippen LogP contribution in [-0.2, 0) is 6.54 Å². The van der Waals surface area contributed by atoms with Gasteiger partial charge in [0.15, 0.2) is 5.76 Å². The monoisotopic (exact) mass is 343 g/mol. The van der Waals surface area contributed by atoms with E-state index in [1.165, 1.54) is 12.1 Å². The molecule has 1 amide bonds.